The molecule has 0 bridgehead atoms. The van der Waals surface area contributed by atoms with Crippen molar-refractivity contribution in [2.75, 3.05) is 23.7 Å². The number of morpholine rings is 1. The smallest absolute Gasteiger partial charge is 0.263 e. The van der Waals surface area contributed by atoms with Gasteiger partial charge in [0.2, 0.25) is 12.3 Å². The van der Waals surface area contributed by atoms with E-state index < -0.39 is 32.7 Å². The Morgan fingerprint density at radius 1 is 1.14 bits per heavy atom. The molecule has 15 radical (unpaired) electrons. The number of rotatable bonds is 8. The number of ether oxygens (including phenoxy) is 1. The van der Waals surface area contributed by atoms with Crippen LogP contribution in [0.2, 0.25) is 5.02 Å². The molecule has 3 aromatic rings. The zero-order valence-corrected chi connectivity index (χ0v) is 27.0. The predicted molar refractivity (Wildman–Crippen MR) is 193 cm³/mol. The lowest BCUT2D eigenvalue weighted by atomic mass is 9.28. The summed E-state index contributed by atoms with van der Waals surface area (Å²) in [7, 11) is 45.6. The average molecular weight is 654 g/mol. The van der Waals surface area contributed by atoms with Crippen molar-refractivity contribution in [2.24, 2.45) is 11.3 Å². The van der Waals surface area contributed by atoms with Crippen LogP contribution in [-0.2, 0) is 14.3 Å². The number of halogens is 2. The fourth-order valence-corrected chi connectivity index (χ4v) is 6.37. The number of piperidine rings is 1. The number of fused-ring (bicyclic) bond motifs is 2. The monoisotopic (exact) mass is 655 g/mol. The highest BCUT2D eigenvalue weighted by atomic mass is 35.5. The molecule has 2 N–H and O–H groups in total. The van der Waals surface area contributed by atoms with E-state index in [4.69, 9.17) is 71.3 Å². The fourth-order valence-electron chi connectivity index (χ4n) is 6.19. The number of nitrogens with one attached hydrogen (secondary N) is 2. The summed E-state index contributed by atoms with van der Waals surface area (Å²) in [5.41, 5.74) is 0.162. The van der Waals surface area contributed by atoms with E-state index in [0.29, 0.717) is 35.0 Å². The van der Waals surface area contributed by atoms with Gasteiger partial charge in [-0.05, 0) is 59.1 Å². The second kappa shape index (κ2) is 12.4. The van der Waals surface area contributed by atoms with Crippen LogP contribution in [0.15, 0.2) is 48.8 Å². The van der Waals surface area contributed by atoms with Gasteiger partial charge in [-0.3, -0.25) is 9.59 Å². The number of carbonyl (C=O) groups is 2. The molecular formula is C30H21B8ClFN6O3. The summed E-state index contributed by atoms with van der Waals surface area (Å²) in [6.07, 6.45) is 5.67. The van der Waals surface area contributed by atoms with E-state index in [2.05, 4.69) is 32.4 Å². The van der Waals surface area contributed by atoms with Crippen LogP contribution in [0.25, 0.3) is 10.9 Å². The predicted octanol–water partition coefficient (Wildman–Crippen LogP) is 0.256. The molecule has 9 nitrogen and oxygen atoms in total. The fraction of sp³-hybridized carbons (Fsp3) is 0.333. The molecule has 2 amide bonds. The Bertz CT molecular complexity index is 1960. The van der Waals surface area contributed by atoms with Gasteiger partial charge >= 0.3 is 0 Å². The number of carbonyl (C=O) groups excluding carboxylic acids is 2. The summed E-state index contributed by atoms with van der Waals surface area (Å²) in [5.74, 6) is 5.25. The Balaban J connectivity index is 1.30. The van der Waals surface area contributed by atoms with Crippen molar-refractivity contribution in [1.29, 1.82) is 0 Å². The van der Waals surface area contributed by atoms with E-state index in [9.17, 15) is 14.0 Å². The number of allylic oxidation sites excluding steroid dienone is 1. The molecule has 6 rings (SSSR count). The molecule has 1 unspecified atom stereocenters. The van der Waals surface area contributed by atoms with Gasteiger partial charge in [0.15, 0.2) is 5.82 Å². The van der Waals surface area contributed by atoms with Gasteiger partial charge in [0, 0.05) is 24.4 Å². The van der Waals surface area contributed by atoms with Crippen LogP contribution in [0.5, 0.6) is 0 Å². The van der Waals surface area contributed by atoms with Gasteiger partial charge in [-0.2, -0.15) is 0 Å². The molecule has 3 aliphatic rings. The van der Waals surface area contributed by atoms with Crippen molar-refractivity contribution in [3.05, 3.63) is 65.2 Å². The highest BCUT2D eigenvalue weighted by molar-refractivity contribution is 6.64. The standard InChI is InChI=1S/C30H21B8ClFN6O3/c1-2-3-9-46-27(31,32)28(33,34)49-29(35,36)30(46,37)38-45-13-17-12-26(17,25(45)48)8-7-16-10-22-18(11-21(16)43-15-47)24(42-14-41-22)44-20-6-4-5-19(39)23(20)40/h2-6,10-11,14-15,17H,9,12-13H2,1H3,(H,43,47)(H,41,42,44)/b3-2+/t17-,26-,30?/m1/s1. The Hall–Kier alpha value is -3.52. The van der Waals surface area contributed by atoms with Gasteiger partial charge in [-0.1, -0.05) is 41.7 Å². The molecule has 227 valence electrons. The number of benzene rings is 2. The number of hydrogen-bond acceptors (Lipinski definition) is 7. The zero-order valence-electron chi connectivity index (χ0n) is 26.3. The van der Waals surface area contributed by atoms with Crippen molar-refractivity contribution in [3.63, 3.8) is 0 Å². The maximum atomic E-state index is 14.6. The molecule has 3 fully saturated rings. The number of nitrogens with zero attached hydrogens (tertiary/aromatic N) is 4. The Kier molecular flexibility index (Phi) is 8.91. The summed E-state index contributed by atoms with van der Waals surface area (Å²) in [4.78, 5) is 36.7. The molecular weight excluding hydrogens is 633 g/mol. The summed E-state index contributed by atoms with van der Waals surface area (Å²) < 4.78 is 20.2. The third-order valence-electron chi connectivity index (χ3n) is 9.14. The highest BCUT2D eigenvalue weighted by Gasteiger charge is 2.68. The average Bonchev–Trinajstić information content (AvgIpc) is 3.67. The lowest BCUT2D eigenvalue weighted by Gasteiger charge is -2.70. The van der Waals surface area contributed by atoms with Crippen LogP contribution in [-0.4, -0.2) is 129 Å². The molecule has 2 aromatic carbocycles. The van der Waals surface area contributed by atoms with E-state index in [1.807, 2.05) is 0 Å². The lowest BCUT2D eigenvalue weighted by molar-refractivity contribution is -0.129. The SMILES string of the molecule is [B]C1([B])OC([B])([B])C([B])([B]N2C[C@H]3C[C@@]3(C#Cc3cc4ncnc(Nc5cccc(Cl)c5F)c4cc3NC=O)C2=O)N(C/C=C/C)C1([B])[B]. The molecule has 3 heterocycles. The van der Waals surface area contributed by atoms with Crippen molar-refractivity contribution in [2.45, 2.75) is 34.8 Å². The maximum absolute atomic E-state index is 14.6. The zero-order chi connectivity index (χ0) is 35.6. The van der Waals surface area contributed by atoms with Gasteiger partial charge in [0.1, 0.15) is 17.6 Å². The van der Waals surface area contributed by atoms with Crippen molar-refractivity contribution < 1.29 is 18.7 Å². The van der Waals surface area contributed by atoms with Crippen LogP contribution in [0, 0.1) is 29.0 Å². The summed E-state index contributed by atoms with van der Waals surface area (Å²) in [5, 5.41) is -2.58. The van der Waals surface area contributed by atoms with E-state index in [1.54, 1.807) is 37.3 Å². The second-order valence-corrected chi connectivity index (χ2v) is 12.8. The molecule has 0 spiro atoms. The first-order valence-corrected chi connectivity index (χ1v) is 15.4. The molecule has 1 aromatic heterocycles. The Morgan fingerprint density at radius 2 is 1.90 bits per heavy atom. The Labute approximate surface area is 298 Å². The number of amides is 2. The molecule has 19 heteroatoms. The lowest BCUT2D eigenvalue weighted by Crippen LogP contribution is -2.88. The molecule has 3 atom stereocenters. The van der Waals surface area contributed by atoms with Gasteiger partial charge < -0.3 is 25.1 Å². The normalized spacial score (nSPS) is 26.5. The van der Waals surface area contributed by atoms with Gasteiger partial charge in [0.25, 0.3) is 7.41 Å². The first-order valence-electron chi connectivity index (χ1n) is 15.0. The van der Waals surface area contributed by atoms with E-state index in [0.717, 1.165) is 0 Å². The number of aromatic nitrogens is 2. The third kappa shape index (κ3) is 5.82. The minimum absolute atomic E-state index is 0.00582. The quantitative estimate of drug-likeness (QED) is 0.156. The van der Waals surface area contributed by atoms with Crippen LogP contribution >= 0.6 is 11.6 Å². The topological polar surface area (TPSA) is 99.7 Å². The molecule has 1 saturated carbocycles. The van der Waals surface area contributed by atoms with Gasteiger partial charge in [-0.15, -0.1) is 0 Å². The summed E-state index contributed by atoms with van der Waals surface area (Å²) >= 11 is 5.93. The third-order valence-corrected chi connectivity index (χ3v) is 9.43. The molecule has 49 heavy (non-hydrogen) atoms. The minimum atomic E-state index is -2.25. The molecule has 2 saturated heterocycles. The van der Waals surface area contributed by atoms with E-state index >= 15 is 0 Å². The Morgan fingerprint density at radius 3 is 2.61 bits per heavy atom. The first kappa shape index (κ1) is 35.3. The number of anilines is 3. The van der Waals surface area contributed by atoms with Crippen molar-refractivity contribution in [1.82, 2.24) is 19.7 Å². The van der Waals surface area contributed by atoms with Gasteiger partial charge in [0.05, 0.1) is 82.4 Å². The maximum Gasteiger partial charge on any atom is 0.263 e. The van der Waals surface area contributed by atoms with E-state index in [1.165, 1.54) is 35.6 Å². The summed E-state index contributed by atoms with van der Waals surface area (Å²) in [6.45, 7) is 2.01. The minimum Gasteiger partial charge on any atom is -0.406 e. The van der Waals surface area contributed by atoms with Gasteiger partial charge in [-0.25, -0.2) is 14.4 Å². The van der Waals surface area contributed by atoms with Crippen molar-refractivity contribution >= 4 is 114 Å². The first-order chi connectivity index (χ1) is 23.0. The van der Waals surface area contributed by atoms with Crippen molar-refractivity contribution in [3.8, 4) is 11.8 Å². The van der Waals surface area contributed by atoms with Crippen LogP contribution in [0.4, 0.5) is 21.6 Å². The highest BCUT2D eigenvalue weighted by Crippen LogP contribution is 2.58. The molecule has 2 aliphatic heterocycles. The summed E-state index contributed by atoms with van der Waals surface area (Å²) in [6, 6.07) is 7.74. The largest absolute Gasteiger partial charge is 0.406 e. The number of hydrogen-bond donors (Lipinski definition) is 2. The van der Waals surface area contributed by atoms with E-state index in [-0.39, 0.29) is 41.4 Å². The van der Waals surface area contributed by atoms with Crippen LogP contribution in [0.1, 0.15) is 18.9 Å². The van der Waals surface area contributed by atoms with Crippen LogP contribution < -0.4 is 10.6 Å². The molecule has 1 aliphatic carbocycles. The second-order valence-electron chi connectivity index (χ2n) is 12.4. The van der Waals surface area contributed by atoms with Crippen LogP contribution in [0.3, 0.4) is 0 Å².